The van der Waals surface area contributed by atoms with Crippen LogP contribution in [0.15, 0.2) is 24.3 Å². The van der Waals surface area contributed by atoms with Crippen molar-refractivity contribution in [2.75, 3.05) is 43.5 Å². The summed E-state index contributed by atoms with van der Waals surface area (Å²) in [6.07, 6.45) is 3.70. The molecule has 3 aliphatic rings. The van der Waals surface area contributed by atoms with E-state index < -0.39 is 6.04 Å². The van der Waals surface area contributed by atoms with Crippen molar-refractivity contribution in [1.82, 2.24) is 9.80 Å². The van der Waals surface area contributed by atoms with Crippen LogP contribution in [-0.2, 0) is 14.4 Å². The Morgan fingerprint density at radius 2 is 1.71 bits per heavy atom. The first-order valence-electron chi connectivity index (χ1n) is 10.1. The molecule has 3 aliphatic heterocycles. The number of anilines is 2. The minimum atomic E-state index is -0.415. The molecule has 150 valence electrons. The lowest BCUT2D eigenvalue weighted by Crippen LogP contribution is -2.53. The predicted octanol–water partition coefficient (Wildman–Crippen LogP) is 1.47. The number of hydrogen-bond donors (Lipinski definition) is 0. The standard InChI is InChI=1S/C21H28N4O3/c1-22(2)15-7-9-16(10-8-15)25-20(27)13-18(21(25)28)23-11-3-5-17(14-23)24-12-4-6-19(24)26/h7-10,17-18H,3-6,11-14H2,1-2H3/t17-,18-/m1/s1. The number of hydrogen-bond acceptors (Lipinski definition) is 5. The second-order valence-corrected chi connectivity index (χ2v) is 8.18. The van der Waals surface area contributed by atoms with E-state index in [0.717, 1.165) is 38.0 Å². The smallest absolute Gasteiger partial charge is 0.251 e. The molecule has 0 radical (unpaired) electrons. The SMILES string of the molecule is CN(C)c1ccc(N2C(=O)C[C@@H](N3CCC[C@@H](N4CCCC4=O)C3)C2=O)cc1. The molecule has 1 aromatic rings. The van der Waals surface area contributed by atoms with E-state index in [1.165, 1.54) is 4.90 Å². The zero-order valence-corrected chi connectivity index (χ0v) is 16.6. The van der Waals surface area contributed by atoms with Crippen molar-refractivity contribution in [3.63, 3.8) is 0 Å². The summed E-state index contributed by atoms with van der Waals surface area (Å²) < 4.78 is 0. The second-order valence-electron chi connectivity index (χ2n) is 8.18. The average molecular weight is 384 g/mol. The van der Waals surface area contributed by atoms with E-state index >= 15 is 0 Å². The molecule has 0 N–H and O–H groups in total. The Hall–Kier alpha value is -2.41. The molecule has 3 fully saturated rings. The molecule has 7 heteroatoms. The third-order valence-electron chi connectivity index (χ3n) is 6.17. The Kier molecular flexibility index (Phi) is 5.10. The number of benzene rings is 1. The highest BCUT2D eigenvalue weighted by molar-refractivity contribution is 6.22. The summed E-state index contributed by atoms with van der Waals surface area (Å²) in [4.78, 5) is 45.3. The van der Waals surface area contributed by atoms with Gasteiger partial charge in [-0.15, -0.1) is 0 Å². The molecule has 2 atom stereocenters. The van der Waals surface area contributed by atoms with Gasteiger partial charge in [-0.05, 0) is 50.1 Å². The monoisotopic (exact) mass is 384 g/mol. The van der Waals surface area contributed by atoms with Crippen molar-refractivity contribution in [3.8, 4) is 0 Å². The van der Waals surface area contributed by atoms with E-state index in [1.807, 2.05) is 48.2 Å². The van der Waals surface area contributed by atoms with Crippen LogP contribution in [-0.4, -0.2) is 73.3 Å². The Bertz CT molecular complexity index is 776. The van der Waals surface area contributed by atoms with Gasteiger partial charge in [-0.1, -0.05) is 0 Å². The van der Waals surface area contributed by atoms with Gasteiger partial charge in [0.25, 0.3) is 5.91 Å². The molecule has 1 aromatic carbocycles. The van der Waals surface area contributed by atoms with Gasteiger partial charge in [0, 0.05) is 45.3 Å². The third kappa shape index (κ3) is 3.39. The summed E-state index contributed by atoms with van der Waals surface area (Å²) in [6.45, 7) is 2.30. The van der Waals surface area contributed by atoms with Crippen LogP contribution in [0.25, 0.3) is 0 Å². The topological polar surface area (TPSA) is 64.2 Å². The van der Waals surface area contributed by atoms with E-state index in [1.54, 1.807) is 0 Å². The molecule has 28 heavy (non-hydrogen) atoms. The first-order chi connectivity index (χ1) is 13.5. The van der Waals surface area contributed by atoms with E-state index in [4.69, 9.17) is 0 Å². The Labute approximate surface area is 165 Å². The Morgan fingerprint density at radius 1 is 0.964 bits per heavy atom. The number of amides is 3. The number of carbonyl (C=O) groups is 3. The fraction of sp³-hybridized carbons (Fsp3) is 0.571. The van der Waals surface area contributed by atoms with Gasteiger partial charge >= 0.3 is 0 Å². The highest BCUT2D eigenvalue weighted by Crippen LogP contribution is 2.30. The molecule has 4 rings (SSSR count). The maximum absolute atomic E-state index is 13.1. The fourth-order valence-electron chi connectivity index (χ4n) is 4.65. The van der Waals surface area contributed by atoms with Gasteiger partial charge < -0.3 is 9.80 Å². The molecular weight excluding hydrogens is 356 g/mol. The van der Waals surface area contributed by atoms with E-state index in [0.29, 0.717) is 18.7 Å². The molecule has 3 saturated heterocycles. The first kappa shape index (κ1) is 18.9. The number of nitrogens with zero attached hydrogens (tertiary/aromatic N) is 4. The van der Waals surface area contributed by atoms with Gasteiger partial charge in [-0.2, -0.15) is 0 Å². The molecule has 0 aromatic heterocycles. The average Bonchev–Trinajstić information content (AvgIpc) is 3.24. The van der Waals surface area contributed by atoms with Crippen molar-refractivity contribution in [2.45, 2.75) is 44.2 Å². The highest BCUT2D eigenvalue weighted by Gasteiger charge is 2.44. The zero-order valence-electron chi connectivity index (χ0n) is 16.6. The Balaban J connectivity index is 1.48. The van der Waals surface area contributed by atoms with Gasteiger partial charge in [0.05, 0.1) is 18.2 Å². The lowest BCUT2D eigenvalue weighted by Gasteiger charge is -2.39. The van der Waals surface area contributed by atoms with Gasteiger partial charge in [0.1, 0.15) is 0 Å². The summed E-state index contributed by atoms with van der Waals surface area (Å²) in [5.41, 5.74) is 1.65. The molecule has 7 nitrogen and oxygen atoms in total. The van der Waals surface area contributed by atoms with Crippen LogP contribution in [0.3, 0.4) is 0 Å². The number of carbonyl (C=O) groups excluding carboxylic acids is 3. The number of piperidine rings is 1. The van der Waals surface area contributed by atoms with Crippen LogP contribution < -0.4 is 9.80 Å². The third-order valence-corrected chi connectivity index (χ3v) is 6.17. The second kappa shape index (κ2) is 7.54. The summed E-state index contributed by atoms with van der Waals surface area (Å²) in [7, 11) is 3.91. The van der Waals surface area contributed by atoms with Crippen molar-refractivity contribution in [3.05, 3.63) is 24.3 Å². The molecule has 3 amide bonds. The van der Waals surface area contributed by atoms with Crippen molar-refractivity contribution >= 4 is 29.1 Å². The molecule has 0 bridgehead atoms. The lowest BCUT2D eigenvalue weighted by molar-refractivity contribution is -0.131. The lowest BCUT2D eigenvalue weighted by atomic mass is 10.0. The predicted molar refractivity (Wildman–Crippen MR) is 107 cm³/mol. The quantitative estimate of drug-likeness (QED) is 0.736. The summed E-state index contributed by atoms with van der Waals surface area (Å²) in [5.74, 6) is -0.0636. The normalized spacial score (nSPS) is 26.4. The highest BCUT2D eigenvalue weighted by atomic mass is 16.2. The van der Waals surface area contributed by atoms with Gasteiger partial charge in [0.2, 0.25) is 11.8 Å². The summed E-state index contributed by atoms with van der Waals surface area (Å²) in [6, 6.07) is 7.24. The van der Waals surface area contributed by atoms with Crippen LogP contribution >= 0.6 is 0 Å². The zero-order chi connectivity index (χ0) is 19.8. The molecule has 0 aliphatic carbocycles. The minimum Gasteiger partial charge on any atom is -0.378 e. The number of likely N-dealkylation sites (tertiary alicyclic amines) is 2. The van der Waals surface area contributed by atoms with Crippen LogP contribution in [0.4, 0.5) is 11.4 Å². The van der Waals surface area contributed by atoms with Crippen molar-refractivity contribution < 1.29 is 14.4 Å². The summed E-state index contributed by atoms with van der Waals surface area (Å²) >= 11 is 0. The van der Waals surface area contributed by atoms with Crippen LogP contribution in [0, 0.1) is 0 Å². The molecule has 3 heterocycles. The number of imide groups is 1. The van der Waals surface area contributed by atoms with E-state index in [9.17, 15) is 14.4 Å². The number of rotatable bonds is 4. The van der Waals surface area contributed by atoms with E-state index in [2.05, 4.69) is 4.90 Å². The molecule has 0 unspecified atom stereocenters. The summed E-state index contributed by atoms with van der Waals surface area (Å²) in [5, 5.41) is 0. The maximum Gasteiger partial charge on any atom is 0.251 e. The van der Waals surface area contributed by atoms with Gasteiger partial charge in [-0.25, -0.2) is 4.90 Å². The van der Waals surface area contributed by atoms with Crippen LogP contribution in [0.1, 0.15) is 32.1 Å². The maximum atomic E-state index is 13.1. The Morgan fingerprint density at radius 3 is 2.36 bits per heavy atom. The van der Waals surface area contributed by atoms with Gasteiger partial charge in [0.15, 0.2) is 0 Å². The largest absolute Gasteiger partial charge is 0.378 e. The molecule has 0 spiro atoms. The first-order valence-corrected chi connectivity index (χ1v) is 10.1. The molecule has 0 saturated carbocycles. The van der Waals surface area contributed by atoms with E-state index in [-0.39, 0.29) is 30.2 Å². The van der Waals surface area contributed by atoms with Crippen LogP contribution in [0.2, 0.25) is 0 Å². The van der Waals surface area contributed by atoms with Crippen molar-refractivity contribution in [1.29, 1.82) is 0 Å². The fourth-order valence-corrected chi connectivity index (χ4v) is 4.65. The molecular formula is C21H28N4O3. The van der Waals surface area contributed by atoms with Crippen LogP contribution in [0.5, 0.6) is 0 Å². The minimum absolute atomic E-state index is 0.143. The van der Waals surface area contributed by atoms with Gasteiger partial charge in [-0.3, -0.25) is 19.3 Å². The van der Waals surface area contributed by atoms with Crippen molar-refractivity contribution in [2.24, 2.45) is 0 Å².